The second kappa shape index (κ2) is 2.51. The molecule has 0 fully saturated rings. The van der Waals surface area contributed by atoms with Gasteiger partial charge < -0.3 is 4.74 Å². The smallest absolute Gasteiger partial charge is 0.101 e. The highest BCUT2D eigenvalue weighted by Crippen LogP contribution is 2.30. The summed E-state index contributed by atoms with van der Waals surface area (Å²) >= 11 is 0. The van der Waals surface area contributed by atoms with Crippen molar-refractivity contribution in [3.05, 3.63) is 48.0 Å². The molecular weight excluding hydrogens is 136 g/mol. The highest BCUT2D eigenvalue weighted by atomic mass is 16.5. The average molecular weight is 146 g/mol. The van der Waals surface area contributed by atoms with E-state index in [-0.39, 0.29) is 6.10 Å². The Morgan fingerprint density at radius 2 is 2.27 bits per heavy atom. The van der Waals surface area contributed by atoms with Crippen LogP contribution in [0.4, 0.5) is 0 Å². The van der Waals surface area contributed by atoms with E-state index in [9.17, 15) is 0 Å². The van der Waals surface area contributed by atoms with E-state index in [4.69, 9.17) is 4.74 Å². The van der Waals surface area contributed by atoms with E-state index < -0.39 is 0 Å². The van der Waals surface area contributed by atoms with Gasteiger partial charge in [-0.15, -0.1) is 6.58 Å². The first kappa shape index (κ1) is 6.62. The van der Waals surface area contributed by atoms with Crippen molar-refractivity contribution in [2.24, 2.45) is 0 Å². The zero-order chi connectivity index (χ0) is 7.68. The summed E-state index contributed by atoms with van der Waals surface area (Å²) in [5, 5.41) is 0. The predicted molar refractivity (Wildman–Crippen MR) is 44.2 cm³/mol. The van der Waals surface area contributed by atoms with E-state index in [1.807, 2.05) is 18.2 Å². The van der Waals surface area contributed by atoms with Crippen LogP contribution in [0.25, 0.3) is 0 Å². The quantitative estimate of drug-likeness (QED) is 0.553. The van der Waals surface area contributed by atoms with Crippen LogP contribution in [0.15, 0.2) is 36.9 Å². The summed E-state index contributed by atoms with van der Waals surface area (Å²) in [5.41, 5.74) is 2.56. The van der Waals surface area contributed by atoms with Crippen molar-refractivity contribution in [2.75, 3.05) is 0 Å². The Morgan fingerprint density at radius 1 is 1.45 bits per heavy atom. The van der Waals surface area contributed by atoms with Crippen molar-refractivity contribution >= 4 is 0 Å². The summed E-state index contributed by atoms with van der Waals surface area (Å²) in [4.78, 5) is 0. The van der Waals surface area contributed by atoms with Crippen LogP contribution in [-0.4, -0.2) is 0 Å². The van der Waals surface area contributed by atoms with Crippen molar-refractivity contribution in [3.63, 3.8) is 0 Å². The normalized spacial score (nSPS) is 21.3. The second-order valence-electron chi connectivity index (χ2n) is 2.67. The lowest BCUT2D eigenvalue weighted by Gasteiger charge is -2.02. The van der Waals surface area contributed by atoms with E-state index >= 15 is 0 Å². The van der Waals surface area contributed by atoms with Gasteiger partial charge in [-0.05, 0) is 11.1 Å². The molecule has 0 saturated carbocycles. The zero-order valence-corrected chi connectivity index (χ0v) is 6.29. The number of fused-ring (bicyclic) bond motifs is 1. The lowest BCUT2D eigenvalue weighted by molar-refractivity contribution is 0.0994. The van der Waals surface area contributed by atoms with Gasteiger partial charge in [0.2, 0.25) is 0 Å². The molecule has 1 aromatic rings. The van der Waals surface area contributed by atoms with E-state index in [2.05, 4.69) is 18.7 Å². The summed E-state index contributed by atoms with van der Waals surface area (Å²) < 4.78 is 5.45. The molecule has 1 atom stereocenters. The predicted octanol–water partition coefficient (Wildman–Crippen LogP) is 2.44. The maximum Gasteiger partial charge on any atom is 0.101 e. The molecule has 0 spiro atoms. The first-order valence-electron chi connectivity index (χ1n) is 3.74. The van der Waals surface area contributed by atoms with Gasteiger partial charge in [-0.1, -0.05) is 30.3 Å². The Morgan fingerprint density at radius 3 is 3.09 bits per heavy atom. The standard InChI is InChI=1S/C10H10O/c1-2-10-9-6-4-3-5-8(9)7-11-10/h2-6,10H,1,7H2. The van der Waals surface area contributed by atoms with Gasteiger partial charge >= 0.3 is 0 Å². The number of hydrogen-bond acceptors (Lipinski definition) is 1. The van der Waals surface area contributed by atoms with Crippen LogP contribution < -0.4 is 0 Å². The lowest BCUT2D eigenvalue weighted by Crippen LogP contribution is -1.88. The lowest BCUT2D eigenvalue weighted by atomic mass is 10.1. The molecule has 1 heteroatoms. The molecule has 0 radical (unpaired) electrons. The number of rotatable bonds is 1. The Balaban J connectivity index is 2.46. The van der Waals surface area contributed by atoms with Crippen molar-refractivity contribution in [2.45, 2.75) is 12.7 Å². The molecule has 11 heavy (non-hydrogen) atoms. The molecule has 1 unspecified atom stereocenters. The van der Waals surface area contributed by atoms with Gasteiger partial charge in [0.05, 0.1) is 6.61 Å². The highest BCUT2D eigenvalue weighted by molar-refractivity contribution is 5.33. The summed E-state index contributed by atoms with van der Waals surface area (Å²) in [6, 6.07) is 8.26. The third-order valence-corrected chi connectivity index (χ3v) is 1.99. The van der Waals surface area contributed by atoms with Crippen LogP contribution in [0.1, 0.15) is 17.2 Å². The topological polar surface area (TPSA) is 9.23 Å². The molecule has 0 aliphatic carbocycles. The van der Waals surface area contributed by atoms with Crippen molar-refractivity contribution in [1.82, 2.24) is 0 Å². The molecule has 1 aliphatic heterocycles. The Bertz CT molecular complexity index is 278. The maximum atomic E-state index is 5.45. The van der Waals surface area contributed by atoms with Crippen molar-refractivity contribution < 1.29 is 4.74 Å². The fourth-order valence-electron chi connectivity index (χ4n) is 1.41. The van der Waals surface area contributed by atoms with E-state index in [1.54, 1.807) is 0 Å². The molecule has 1 heterocycles. The molecular formula is C10H10O. The number of ether oxygens (including phenoxy) is 1. The molecule has 56 valence electrons. The van der Waals surface area contributed by atoms with Crippen LogP contribution in [0.5, 0.6) is 0 Å². The van der Waals surface area contributed by atoms with Gasteiger partial charge in [0.15, 0.2) is 0 Å². The molecule has 2 rings (SSSR count). The first-order valence-corrected chi connectivity index (χ1v) is 3.74. The summed E-state index contributed by atoms with van der Waals surface area (Å²) in [7, 11) is 0. The van der Waals surface area contributed by atoms with Gasteiger partial charge in [-0.25, -0.2) is 0 Å². The van der Waals surface area contributed by atoms with Gasteiger partial charge in [0.25, 0.3) is 0 Å². The fraction of sp³-hybridized carbons (Fsp3) is 0.200. The molecule has 1 nitrogen and oxygen atoms in total. The molecule has 1 aromatic carbocycles. The van der Waals surface area contributed by atoms with Gasteiger partial charge in [-0.2, -0.15) is 0 Å². The van der Waals surface area contributed by atoms with Crippen LogP contribution in [0.2, 0.25) is 0 Å². The van der Waals surface area contributed by atoms with Crippen LogP contribution in [0, 0.1) is 0 Å². The highest BCUT2D eigenvalue weighted by Gasteiger charge is 2.18. The molecule has 0 amide bonds. The maximum absolute atomic E-state index is 5.45. The Labute approximate surface area is 66.3 Å². The summed E-state index contributed by atoms with van der Waals surface area (Å²) in [6.07, 6.45) is 1.96. The minimum Gasteiger partial charge on any atom is -0.365 e. The van der Waals surface area contributed by atoms with Gasteiger partial charge in [0, 0.05) is 0 Å². The third kappa shape index (κ3) is 0.976. The van der Waals surface area contributed by atoms with Crippen molar-refractivity contribution in [1.29, 1.82) is 0 Å². The molecule has 0 saturated heterocycles. The van der Waals surface area contributed by atoms with E-state index in [1.165, 1.54) is 11.1 Å². The Hall–Kier alpha value is -1.08. The number of hydrogen-bond donors (Lipinski definition) is 0. The van der Waals surface area contributed by atoms with E-state index in [0.29, 0.717) is 0 Å². The monoisotopic (exact) mass is 146 g/mol. The summed E-state index contributed by atoms with van der Waals surface area (Å²) in [6.45, 7) is 4.45. The second-order valence-corrected chi connectivity index (χ2v) is 2.67. The van der Waals surface area contributed by atoms with Crippen molar-refractivity contribution in [3.8, 4) is 0 Å². The molecule has 0 bridgehead atoms. The van der Waals surface area contributed by atoms with Gasteiger partial charge in [-0.3, -0.25) is 0 Å². The molecule has 0 N–H and O–H groups in total. The first-order chi connectivity index (χ1) is 5.42. The minimum atomic E-state index is 0.117. The average Bonchev–Trinajstić information content (AvgIpc) is 2.47. The van der Waals surface area contributed by atoms with Crippen LogP contribution in [0.3, 0.4) is 0 Å². The van der Waals surface area contributed by atoms with E-state index in [0.717, 1.165) is 6.61 Å². The third-order valence-electron chi connectivity index (χ3n) is 1.99. The molecule has 1 aliphatic rings. The Kier molecular flexibility index (Phi) is 1.51. The SMILES string of the molecule is C=CC1OCc2ccccc21. The fourth-order valence-corrected chi connectivity index (χ4v) is 1.41. The summed E-state index contributed by atoms with van der Waals surface area (Å²) in [5.74, 6) is 0. The number of benzene rings is 1. The van der Waals surface area contributed by atoms with Crippen LogP contribution in [-0.2, 0) is 11.3 Å². The molecule has 0 aromatic heterocycles. The largest absolute Gasteiger partial charge is 0.365 e. The van der Waals surface area contributed by atoms with Gasteiger partial charge in [0.1, 0.15) is 6.10 Å². The zero-order valence-electron chi connectivity index (χ0n) is 6.29. The van der Waals surface area contributed by atoms with Crippen LogP contribution >= 0.6 is 0 Å². The minimum absolute atomic E-state index is 0.117.